The molecule has 4 rings (SSSR count). The highest BCUT2D eigenvalue weighted by molar-refractivity contribution is 7.18. The topological polar surface area (TPSA) is 58.2 Å². The van der Waals surface area contributed by atoms with Gasteiger partial charge in [0.2, 0.25) is 5.91 Å². The maximum Gasteiger partial charge on any atom is 0.266 e. The first-order valence-corrected chi connectivity index (χ1v) is 9.49. The van der Waals surface area contributed by atoms with Crippen molar-refractivity contribution in [1.82, 2.24) is 0 Å². The number of hydrogen-bond donors (Lipinski definition) is 2. The Morgan fingerprint density at radius 2 is 1.89 bits per heavy atom. The molecule has 1 atom stereocenters. The van der Waals surface area contributed by atoms with E-state index in [0.717, 1.165) is 11.1 Å². The van der Waals surface area contributed by atoms with Gasteiger partial charge in [0.15, 0.2) is 0 Å². The van der Waals surface area contributed by atoms with Gasteiger partial charge in [0.05, 0.1) is 9.88 Å². The lowest BCUT2D eigenvalue weighted by Crippen LogP contribution is -2.22. The lowest BCUT2D eigenvalue weighted by atomic mass is 9.85. The highest BCUT2D eigenvalue weighted by atomic mass is 32.1. The number of amides is 2. The fraction of sp³-hybridized carbons (Fsp3) is 0.143. The van der Waals surface area contributed by atoms with Gasteiger partial charge < -0.3 is 10.6 Å². The molecule has 2 N–H and O–H groups in total. The standard InChI is InChI=1S/C21H16F2N2O2S/c1-11-18-16(12-3-2-4-14(23)9-12)10-17(26)25-21(18)28-19(11)20(27)24-15-7-5-13(22)6-8-15/h2-9,16H,10H2,1H3,(H,24,27)(H,25,26)/t16-/m1/s1. The molecule has 0 radical (unpaired) electrons. The molecule has 0 aliphatic carbocycles. The smallest absolute Gasteiger partial charge is 0.266 e. The minimum absolute atomic E-state index is 0.173. The summed E-state index contributed by atoms with van der Waals surface area (Å²) < 4.78 is 26.8. The Kier molecular flexibility index (Phi) is 4.68. The van der Waals surface area contributed by atoms with Crippen molar-refractivity contribution in [2.75, 3.05) is 10.6 Å². The summed E-state index contributed by atoms with van der Waals surface area (Å²) in [6, 6.07) is 11.7. The quantitative estimate of drug-likeness (QED) is 0.648. The van der Waals surface area contributed by atoms with Gasteiger partial charge in [-0.15, -0.1) is 11.3 Å². The Hall–Kier alpha value is -3.06. The molecule has 7 heteroatoms. The molecule has 3 aromatic rings. The first kappa shape index (κ1) is 18.3. The summed E-state index contributed by atoms with van der Waals surface area (Å²) >= 11 is 1.19. The second kappa shape index (κ2) is 7.16. The van der Waals surface area contributed by atoms with Crippen molar-refractivity contribution in [2.45, 2.75) is 19.3 Å². The van der Waals surface area contributed by atoms with Crippen molar-refractivity contribution in [1.29, 1.82) is 0 Å². The average molecular weight is 398 g/mol. The van der Waals surface area contributed by atoms with Gasteiger partial charge in [0.1, 0.15) is 11.6 Å². The number of thiophene rings is 1. The zero-order valence-corrected chi connectivity index (χ0v) is 15.7. The maximum atomic E-state index is 13.7. The predicted octanol–water partition coefficient (Wildman–Crippen LogP) is 5.06. The molecule has 1 aliphatic rings. The second-order valence-electron chi connectivity index (χ2n) is 6.62. The fourth-order valence-electron chi connectivity index (χ4n) is 3.45. The van der Waals surface area contributed by atoms with Crippen molar-refractivity contribution in [3.05, 3.63) is 81.7 Å². The van der Waals surface area contributed by atoms with E-state index in [9.17, 15) is 18.4 Å². The van der Waals surface area contributed by atoms with E-state index in [1.165, 1.54) is 47.7 Å². The van der Waals surface area contributed by atoms with E-state index in [-0.39, 0.29) is 35.8 Å². The summed E-state index contributed by atoms with van der Waals surface area (Å²) in [5.74, 6) is -1.58. The Labute approximate surface area is 164 Å². The van der Waals surface area contributed by atoms with Gasteiger partial charge in [0.25, 0.3) is 5.91 Å². The van der Waals surface area contributed by atoms with E-state index in [1.807, 2.05) is 6.92 Å². The molecule has 0 unspecified atom stereocenters. The van der Waals surface area contributed by atoms with E-state index < -0.39 is 0 Å². The SMILES string of the molecule is Cc1c(C(=O)Nc2ccc(F)cc2)sc2c1[C@@H](c1cccc(F)c1)CC(=O)N2. The number of anilines is 2. The van der Waals surface area contributed by atoms with Crippen molar-refractivity contribution in [3.8, 4) is 0 Å². The molecule has 1 aromatic heterocycles. The average Bonchev–Trinajstić information content (AvgIpc) is 2.99. The Bertz CT molecular complexity index is 1080. The maximum absolute atomic E-state index is 13.7. The number of nitrogens with one attached hydrogen (secondary N) is 2. The van der Waals surface area contributed by atoms with Crippen LogP contribution in [0.25, 0.3) is 0 Å². The minimum atomic E-state index is -0.388. The molecule has 142 valence electrons. The fourth-order valence-corrected chi connectivity index (χ4v) is 4.63. The van der Waals surface area contributed by atoms with Crippen molar-refractivity contribution < 1.29 is 18.4 Å². The van der Waals surface area contributed by atoms with Crippen LogP contribution in [0.15, 0.2) is 48.5 Å². The Morgan fingerprint density at radius 3 is 2.61 bits per heavy atom. The summed E-state index contributed by atoms with van der Waals surface area (Å²) in [5.41, 5.74) is 2.75. The lowest BCUT2D eigenvalue weighted by molar-refractivity contribution is -0.116. The zero-order valence-electron chi connectivity index (χ0n) is 14.9. The van der Waals surface area contributed by atoms with Crippen LogP contribution in [0.2, 0.25) is 0 Å². The lowest BCUT2D eigenvalue weighted by Gasteiger charge is -2.24. The number of carbonyl (C=O) groups excluding carboxylic acids is 2. The highest BCUT2D eigenvalue weighted by Gasteiger charge is 2.33. The minimum Gasteiger partial charge on any atom is -0.321 e. The van der Waals surface area contributed by atoms with Gasteiger partial charge >= 0.3 is 0 Å². The molecule has 1 aliphatic heterocycles. The summed E-state index contributed by atoms with van der Waals surface area (Å²) in [6.07, 6.45) is 0.188. The van der Waals surface area contributed by atoms with Crippen LogP contribution < -0.4 is 10.6 Å². The van der Waals surface area contributed by atoms with Gasteiger partial charge in [-0.25, -0.2) is 8.78 Å². The highest BCUT2D eigenvalue weighted by Crippen LogP contribution is 2.45. The molecule has 2 amide bonds. The van der Waals surface area contributed by atoms with Crippen molar-refractivity contribution in [3.63, 3.8) is 0 Å². The number of fused-ring (bicyclic) bond motifs is 1. The van der Waals surface area contributed by atoms with E-state index in [4.69, 9.17) is 0 Å². The molecule has 2 aromatic carbocycles. The van der Waals surface area contributed by atoms with E-state index in [2.05, 4.69) is 10.6 Å². The third-order valence-corrected chi connectivity index (χ3v) is 5.97. The van der Waals surface area contributed by atoms with Crippen LogP contribution in [0.4, 0.5) is 19.5 Å². The summed E-state index contributed by atoms with van der Waals surface area (Å²) in [6.45, 7) is 1.82. The van der Waals surface area contributed by atoms with Crippen LogP contribution in [-0.4, -0.2) is 11.8 Å². The largest absolute Gasteiger partial charge is 0.321 e. The van der Waals surface area contributed by atoms with Gasteiger partial charge in [-0.3, -0.25) is 9.59 Å². The number of benzene rings is 2. The van der Waals surface area contributed by atoms with Crippen LogP contribution in [0.1, 0.15) is 38.7 Å². The molecule has 28 heavy (non-hydrogen) atoms. The first-order chi connectivity index (χ1) is 13.4. The summed E-state index contributed by atoms with van der Waals surface area (Å²) in [5, 5.41) is 6.16. The molecular weight excluding hydrogens is 382 g/mol. The van der Waals surface area contributed by atoms with Crippen molar-refractivity contribution in [2.24, 2.45) is 0 Å². The number of halogens is 2. The predicted molar refractivity (Wildman–Crippen MR) is 105 cm³/mol. The number of carbonyl (C=O) groups is 2. The van der Waals surface area contributed by atoms with Crippen LogP contribution in [0.3, 0.4) is 0 Å². The normalized spacial score (nSPS) is 15.7. The molecular formula is C21H16F2N2O2S. The van der Waals surface area contributed by atoms with E-state index in [0.29, 0.717) is 21.1 Å². The molecule has 0 spiro atoms. The third-order valence-electron chi connectivity index (χ3n) is 4.74. The summed E-state index contributed by atoms with van der Waals surface area (Å²) in [7, 11) is 0. The van der Waals surface area contributed by atoms with Gasteiger partial charge in [-0.1, -0.05) is 12.1 Å². The zero-order chi connectivity index (χ0) is 19.8. The van der Waals surface area contributed by atoms with E-state index in [1.54, 1.807) is 12.1 Å². The number of hydrogen-bond acceptors (Lipinski definition) is 3. The van der Waals surface area contributed by atoms with Crippen LogP contribution in [0.5, 0.6) is 0 Å². The molecule has 0 saturated heterocycles. The van der Waals surface area contributed by atoms with Gasteiger partial charge in [-0.05, 0) is 60.0 Å². The molecule has 0 fully saturated rings. The van der Waals surface area contributed by atoms with Gasteiger partial charge in [0, 0.05) is 18.0 Å². The second-order valence-corrected chi connectivity index (χ2v) is 7.64. The first-order valence-electron chi connectivity index (χ1n) is 8.68. The molecule has 2 heterocycles. The monoisotopic (exact) mass is 398 g/mol. The van der Waals surface area contributed by atoms with Crippen LogP contribution >= 0.6 is 11.3 Å². The van der Waals surface area contributed by atoms with Gasteiger partial charge in [-0.2, -0.15) is 0 Å². The Balaban J connectivity index is 1.70. The van der Waals surface area contributed by atoms with Crippen LogP contribution in [0, 0.1) is 18.6 Å². The molecule has 0 saturated carbocycles. The molecule has 4 nitrogen and oxygen atoms in total. The summed E-state index contributed by atoms with van der Waals surface area (Å²) in [4.78, 5) is 25.4. The van der Waals surface area contributed by atoms with Crippen molar-refractivity contribution >= 4 is 33.8 Å². The van der Waals surface area contributed by atoms with Crippen LogP contribution in [-0.2, 0) is 4.79 Å². The number of rotatable bonds is 3. The Morgan fingerprint density at radius 1 is 1.14 bits per heavy atom. The third kappa shape index (κ3) is 3.41. The molecule has 0 bridgehead atoms. The van der Waals surface area contributed by atoms with E-state index >= 15 is 0 Å².